The molecular formula is C30H34O4S. The Kier molecular flexibility index (Phi) is 8.89. The maximum Gasteiger partial charge on any atom is 0.306 e. The highest BCUT2D eigenvalue weighted by atomic mass is 32.2. The molecule has 1 saturated heterocycles. The fraction of sp³-hybridized carbons (Fsp3) is 0.367. The van der Waals surface area contributed by atoms with Gasteiger partial charge in [0.1, 0.15) is 12.4 Å². The van der Waals surface area contributed by atoms with Crippen molar-refractivity contribution in [3.63, 3.8) is 0 Å². The molecule has 3 aromatic rings. The predicted octanol–water partition coefficient (Wildman–Crippen LogP) is 7.05. The van der Waals surface area contributed by atoms with Crippen LogP contribution in [0.25, 0.3) is 11.1 Å². The Balaban J connectivity index is 1.35. The second kappa shape index (κ2) is 12.3. The third kappa shape index (κ3) is 6.68. The molecule has 0 radical (unpaired) electrons. The highest BCUT2D eigenvalue weighted by Crippen LogP contribution is 2.37. The van der Waals surface area contributed by atoms with Crippen LogP contribution in [0.2, 0.25) is 0 Å². The first-order valence-corrected chi connectivity index (χ1v) is 13.4. The molecule has 0 aliphatic carbocycles. The number of carbonyl (C=O) groups is 1. The van der Waals surface area contributed by atoms with Crippen LogP contribution in [-0.2, 0) is 26.3 Å². The van der Waals surface area contributed by atoms with E-state index < -0.39 is 0 Å². The van der Waals surface area contributed by atoms with Crippen molar-refractivity contribution in [2.24, 2.45) is 0 Å². The lowest BCUT2D eigenvalue weighted by Gasteiger charge is -2.41. The second-order valence-corrected chi connectivity index (χ2v) is 10.2. The van der Waals surface area contributed by atoms with Gasteiger partial charge >= 0.3 is 5.97 Å². The lowest BCUT2D eigenvalue weighted by atomic mass is 9.76. The molecule has 1 aliphatic rings. The Labute approximate surface area is 213 Å². The Morgan fingerprint density at radius 1 is 0.971 bits per heavy atom. The average Bonchev–Trinajstić information content (AvgIpc) is 2.86. The summed E-state index contributed by atoms with van der Waals surface area (Å²) in [5.74, 6) is 1.80. The number of ether oxygens (including phenoxy) is 3. The van der Waals surface area contributed by atoms with E-state index in [-0.39, 0.29) is 11.4 Å². The maximum absolute atomic E-state index is 12.0. The summed E-state index contributed by atoms with van der Waals surface area (Å²) in [6.45, 7) is 6.02. The van der Waals surface area contributed by atoms with Crippen LogP contribution >= 0.6 is 11.8 Å². The van der Waals surface area contributed by atoms with E-state index in [2.05, 4.69) is 55.5 Å². The van der Waals surface area contributed by atoms with Crippen molar-refractivity contribution in [2.75, 3.05) is 25.6 Å². The Morgan fingerprint density at radius 3 is 2.40 bits per heavy atom. The van der Waals surface area contributed by atoms with Gasteiger partial charge in [-0.1, -0.05) is 55.8 Å². The van der Waals surface area contributed by atoms with E-state index in [0.717, 1.165) is 16.9 Å². The number of benzene rings is 3. The molecule has 0 spiro atoms. The number of hydrogen-bond acceptors (Lipinski definition) is 5. The van der Waals surface area contributed by atoms with Gasteiger partial charge in [0.2, 0.25) is 0 Å². The minimum absolute atomic E-state index is 0.180. The largest absolute Gasteiger partial charge is 0.489 e. The molecule has 5 heteroatoms. The standard InChI is InChI=1S/C30H34O4S/c1-3-5-17-35-28-15-9-24(10-16-28)25-8-6-7-23(18-25)20-34-27-13-11-26(12-14-27)30(21-32-22-30)19-29(31)33-4-2/h6-16,18H,3-5,17,19-22H2,1-2H3. The van der Waals surface area contributed by atoms with Crippen molar-refractivity contribution in [1.82, 2.24) is 0 Å². The fourth-order valence-electron chi connectivity index (χ4n) is 4.20. The van der Waals surface area contributed by atoms with Crippen LogP contribution in [0.15, 0.2) is 77.7 Å². The zero-order chi connectivity index (χ0) is 24.5. The molecule has 0 bridgehead atoms. The quantitative estimate of drug-likeness (QED) is 0.155. The monoisotopic (exact) mass is 490 g/mol. The molecular weight excluding hydrogens is 456 g/mol. The molecule has 4 nitrogen and oxygen atoms in total. The summed E-state index contributed by atoms with van der Waals surface area (Å²) >= 11 is 1.92. The number of unbranched alkanes of at least 4 members (excludes halogenated alkanes) is 1. The van der Waals surface area contributed by atoms with Crippen molar-refractivity contribution < 1.29 is 19.0 Å². The molecule has 35 heavy (non-hydrogen) atoms. The zero-order valence-electron chi connectivity index (χ0n) is 20.6. The van der Waals surface area contributed by atoms with E-state index in [0.29, 0.717) is 32.8 Å². The summed E-state index contributed by atoms with van der Waals surface area (Å²) < 4.78 is 16.7. The van der Waals surface area contributed by atoms with E-state index in [9.17, 15) is 4.79 Å². The predicted molar refractivity (Wildman–Crippen MR) is 142 cm³/mol. The van der Waals surface area contributed by atoms with Crippen LogP contribution in [0.3, 0.4) is 0 Å². The lowest BCUT2D eigenvalue weighted by Crippen LogP contribution is -2.48. The van der Waals surface area contributed by atoms with Crippen LogP contribution in [0.4, 0.5) is 0 Å². The van der Waals surface area contributed by atoms with Gasteiger partial charge in [-0.25, -0.2) is 0 Å². The number of thioether (sulfide) groups is 1. The van der Waals surface area contributed by atoms with Gasteiger partial charge in [-0.15, -0.1) is 11.8 Å². The van der Waals surface area contributed by atoms with Crippen LogP contribution in [-0.4, -0.2) is 31.5 Å². The first-order valence-electron chi connectivity index (χ1n) is 12.4. The van der Waals surface area contributed by atoms with E-state index in [1.807, 2.05) is 43.0 Å². The van der Waals surface area contributed by atoms with E-state index >= 15 is 0 Å². The number of hydrogen-bond donors (Lipinski definition) is 0. The van der Waals surface area contributed by atoms with Gasteiger partial charge in [-0.3, -0.25) is 4.79 Å². The SMILES string of the molecule is CCCCSc1ccc(-c2cccc(COc3ccc(C4(CC(=O)OCC)COC4)cc3)c2)cc1. The maximum atomic E-state index is 12.0. The van der Waals surface area contributed by atoms with Gasteiger partial charge in [0, 0.05) is 4.90 Å². The average molecular weight is 491 g/mol. The first kappa shape index (κ1) is 25.3. The van der Waals surface area contributed by atoms with Crippen LogP contribution in [0.5, 0.6) is 5.75 Å². The highest BCUT2D eigenvalue weighted by molar-refractivity contribution is 7.99. The molecule has 3 aromatic carbocycles. The van der Waals surface area contributed by atoms with Gasteiger partial charge in [0.05, 0.1) is 31.7 Å². The summed E-state index contributed by atoms with van der Waals surface area (Å²) in [6, 6.07) is 25.3. The minimum Gasteiger partial charge on any atom is -0.489 e. The smallest absolute Gasteiger partial charge is 0.306 e. The second-order valence-electron chi connectivity index (χ2n) is 8.99. The molecule has 0 amide bonds. The topological polar surface area (TPSA) is 44.8 Å². The number of rotatable bonds is 12. The Morgan fingerprint density at radius 2 is 1.74 bits per heavy atom. The van der Waals surface area contributed by atoms with Crippen molar-refractivity contribution >= 4 is 17.7 Å². The van der Waals surface area contributed by atoms with Gasteiger partial charge in [0.15, 0.2) is 0 Å². The summed E-state index contributed by atoms with van der Waals surface area (Å²) in [4.78, 5) is 13.4. The van der Waals surface area contributed by atoms with Crippen molar-refractivity contribution in [3.05, 3.63) is 83.9 Å². The first-order chi connectivity index (χ1) is 17.1. The van der Waals surface area contributed by atoms with Crippen LogP contribution in [0.1, 0.15) is 44.2 Å². The molecule has 0 N–H and O–H groups in total. The van der Waals surface area contributed by atoms with E-state index in [1.54, 1.807) is 0 Å². The van der Waals surface area contributed by atoms with E-state index in [4.69, 9.17) is 14.2 Å². The third-order valence-electron chi connectivity index (χ3n) is 6.30. The van der Waals surface area contributed by atoms with Crippen LogP contribution < -0.4 is 4.74 Å². The third-order valence-corrected chi connectivity index (χ3v) is 7.40. The molecule has 1 heterocycles. The van der Waals surface area contributed by atoms with Gasteiger partial charge in [-0.05, 0) is 71.7 Å². The Hall–Kier alpha value is -2.76. The molecule has 0 atom stereocenters. The molecule has 184 valence electrons. The number of carbonyl (C=O) groups excluding carboxylic acids is 1. The number of esters is 1. The summed E-state index contributed by atoms with van der Waals surface area (Å²) in [7, 11) is 0. The van der Waals surface area contributed by atoms with Crippen molar-refractivity contribution in [2.45, 2.75) is 50.0 Å². The van der Waals surface area contributed by atoms with Crippen LogP contribution in [0, 0.1) is 0 Å². The molecule has 0 aromatic heterocycles. The summed E-state index contributed by atoms with van der Waals surface area (Å²) in [5.41, 5.74) is 4.33. The minimum atomic E-state index is -0.289. The molecule has 1 aliphatic heterocycles. The lowest BCUT2D eigenvalue weighted by molar-refractivity contribution is -0.151. The van der Waals surface area contributed by atoms with Crippen molar-refractivity contribution in [3.8, 4) is 16.9 Å². The highest BCUT2D eigenvalue weighted by Gasteiger charge is 2.42. The van der Waals surface area contributed by atoms with Gasteiger partial charge in [-0.2, -0.15) is 0 Å². The zero-order valence-corrected chi connectivity index (χ0v) is 21.4. The Bertz CT molecular complexity index is 1090. The van der Waals surface area contributed by atoms with Gasteiger partial charge < -0.3 is 14.2 Å². The molecule has 0 unspecified atom stereocenters. The van der Waals surface area contributed by atoms with Gasteiger partial charge in [0.25, 0.3) is 0 Å². The molecule has 1 fully saturated rings. The fourth-order valence-corrected chi connectivity index (χ4v) is 5.19. The summed E-state index contributed by atoms with van der Waals surface area (Å²) in [5, 5.41) is 0. The normalized spacial score (nSPS) is 14.2. The van der Waals surface area contributed by atoms with E-state index in [1.165, 1.54) is 34.6 Å². The molecule has 4 rings (SSSR count). The summed E-state index contributed by atoms with van der Waals surface area (Å²) in [6.07, 6.45) is 2.82. The van der Waals surface area contributed by atoms with Crippen molar-refractivity contribution in [1.29, 1.82) is 0 Å². The molecule has 0 saturated carbocycles.